The third-order valence-corrected chi connectivity index (χ3v) is 3.21. The number of imidazole rings is 1. The van der Waals surface area contributed by atoms with E-state index in [0.29, 0.717) is 23.5 Å². The molecular weight excluding hydrogens is 233 g/mol. The number of aromatic nitrogens is 2. The summed E-state index contributed by atoms with van der Waals surface area (Å²) in [5, 5.41) is 2.82. The standard InChI is InChI=1S/C13H14FN3O/c1-2-17-11-7-9(14)5-6-10(11)15-13(17)16-12(18)8-3-4-8/h5-8H,2-4H2,1H3,(H,15,16,18). The Hall–Kier alpha value is -1.91. The molecule has 1 aliphatic rings. The lowest BCUT2D eigenvalue weighted by Crippen LogP contribution is -2.17. The summed E-state index contributed by atoms with van der Waals surface area (Å²) >= 11 is 0. The highest BCUT2D eigenvalue weighted by Crippen LogP contribution is 2.30. The largest absolute Gasteiger partial charge is 0.310 e. The van der Waals surface area contributed by atoms with Crippen LogP contribution in [0, 0.1) is 11.7 Å². The quantitative estimate of drug-likeness (QED) is 0.906. The van der Waals surface area contributed by atoms with E-state index in [9.17, 15) is 9.18 Å². The molecule has 0 unspecified atom stereocenters. The van der Waals surface area contributed by atoms with E-state index in [2.05, 4.69) is 10.3 Å². The normalized spacial score (nSPS) is 15.0. The van der Waals surface area contributed by atoms with Gasteiger partial charge in [-0.25, -0.2) is 9.37 Å². The van der Waals surface area contributed by atoms with Crippen molar-refractivity contribution in [1.82, 2.24) is 9.55 Å². The fourth-order valence-corrected chi connectivity index (χ4v) is 2.07. The number of hydrogen-bond acceptors (Lipinski definition) is 2. The second kappa shape index (κ2) is 4.08. The molecule has 1 aliphatic carbocycles. The molecule has 0 aliphatic heterocycles. The molecule has 4 nitrogen and oxygen atoms in total. The minimum atomic E-state index is -0.294. The fraction of sp³-hybridized carbons (Fsp3) is 0.385. The maximum atomic E-state index is 13.2. The number of amides is 1. The lowest BCUT2D eigenvalue weighted by atomic mass is 10.3. The van der Waals surface area contributed by atoms with Gasteiger partial charge in [0.25, 0.3) is 0 Å². The van der Waals surface area contributed by atoms with Crippen LogP contribution in [0.3, 0.4) is 0 Å². The van der Waals surface area contributed by atoms with Gasteiger partial charge in [-0.3, -0.25) is 10.1 Å². The maximum Gasteiger partial charge on any atom is 0.229 e. The van der Waals surface area contributed by atoms with Crippen molar-refractivity contribution >= 4 is 22.9 Å². The van der Waals surface area contributed by atoms with Gasteiger partial charge in [0.15, 0.2) is 0 Å². The van der Waals surface area contributed by atoms with Gasteiger partial charge in [-0.05, 0) is 38.0 Å². The SMILES string of the molecule is CCn1c(NC(=O)C2CC2)nc2ccc(F)cc21. The van der Waals surface area contributed by atoms with Crippen molar-refractivity contribution in [3.05, 3.63) is 24.0 Å². The van der Waals surface area contributed by atoms with Crippen molar-refractivity contribution < 1.29 is 9.18 Å². The third kappa shape index (κ3) is 1.85. The Morgan fingerprint density at radius 1 is 1.56 bits per heavy atom. The number of halogens is 1. The summed E-state index contributed by atoms with van der Waals surface area (Å²) in [6.45, 7) is 2.58. The highest BCUT2D eigenvalue weighted by molar-refractivity contribution is 5.94. The minimum Gasteiger partial charge on any atom is -0.310 e. The predicted octanol–water partition coefficient (Wildman–Crippen LogP) is 2.54. The zero-order valence-corrected chi connectivity index (χ0v) is 10.1. The first kappa shape index (κ1) is 11.2. The van der Waals surface area contributed by atoms with Crippen LogP contribution in [-0.4, -0.2) is 15.5 Å². The number of aryl methyl sites for hydroxylation is 1. The van der Waals surface area contributed by atoms with Gasteiger partial charge in [-0.1, -0.05) is 0 Å². The number of fused-ring (bicyclic) bond motifs is 1. The van der Waals surface area contributed by atoms with Crippen molar-refractivity contribution in [3.8, 4) is 0 Å². The lowest BCUT2D eigenvalue weighted by Gasteiger charge is -2.06. The number of nitrogens with one attached hydrogen (secondary N) is 1. The Morgan fingerprint density at radius 2 is 2.33 bits per heavy atom. The van der Waals surface area contributed by atoms with Crippen molar-refractivity contribution in [2.24, 2.45) is 5.92 Å². The molecule has 5 heteroatoms. The molecule has 1 saturated carbocycles. The number of carbonyl (C=O) groups is 1. The van der Waals surface area contributed by atoms with Gasteiger partial charge in [0, 0.05) is 12.5 Å². The minimum absolute atomic E-state index is 0.0143. The molecule has 1 aromatic carbocycles. The summed E-state index contributed by atoms with van der Waals surface area (Å²) in [5.74, 6) is 0.361. The van der Waals surface area contributed by atoms with E-state index in [1.807, 2.05) is 11.5 Å². The Bertz CT molecular complexity index is 616. The molecular formula is C13H14FN3O. The Morgan fingerprint density at radius 3 is 3.00 bits per heavy atom. The van der Waals surface area contributed by atoms with Crippen molar-refractivity contribution in [3.63, 3.8) is 0 Å². The second-order valence-electron chi connectivity index (χ2n) is 4.58. The molecule has 2 aromatic rings. The number of anilines is 1. The molecule has 1 aromatic heterocycles. The van der Waals surface area contributed by atoms with Crippen LogP contribution in [0.25, 0.3) is 11.0 Å². The van der Waals surface area contributed by atoms with Gasteiger partial charge in [0.05, 0.1) is 11.0 Å². The first-order valence-electron chi connectivity index (χ1n) is 6.15. The van der Waals surface area contributed by atoms with Gasteiger partial charge in [-0.15, -0.1) is 0 Å². The molecule has 0 spiro atoms. The summed E-state index contributed by atoms with van der Waals surface area (Å²) in [7, 11) is 0. The Kier molecular flexibility index (Phi) is 2.54. The first-order valence-corrected chi connectivity index (χ1v) is 6.15. The van der Waals surface area contributed by atoms with Crippen LogP contribution in [0.5, 0.6) is 0 Å². The first-order chi connectivity index (χ1) is 8.69. The molecule has 0 atom stereocenters. The highest BCUT2D eigenvalue weighted by Gasteiger charge is 2.30. The number of nitrogens with zero attached hydrogens (tertiary/aromatic N) is 2. The van der Waals surface area contributed by atoms with Crippen LogP contribution in [-0.2, 0) is 11.3 Å². The van der Waals surface area contributed by atoms with E-state index in [0.717, 1.165) is 12.8 Å². The average Bonchev–Trinajstić information content (AvgIpc) is 3.13. The molecule has 0 radical (unpaired) electrons. The molecule has 0 saturated heterocycles. The maximum absolute atomic E-state index is 13.2. The van der Waals surface area contributed by atoms with E-state index >= 15 is 0 Å². The summed E-state index contributed by atoms with van der Waals surface area (Å²) in [4.78, 5) is 16.1. The van der Waals surface area contributed by atoms with Crippen LogP contribution < -0.4 is 5.32 Å². The van der Waals surface area contributed by atoms with Crippen LogP contribution in [0.2, 0.25) is 0 Å². The molecule has 1 amide bonds. The van der Waals surface area contributed by atoms with Gasteiger partial charge < -0.3 is 4.57 Å². The van der Waals surface area contributed by atoms with Crippen molar-refractivity contribution in [2.75, 3.05) is 5.32 Å². The highest BCUT2D eigenvalue weighted by atomic mass is 19.1. The molecule has 1 N–H and O–H groups in total. The molecule has 94 valence electrons. The van der Waals surface area contributed by atoms with Crippen LogP contribution in [0.1, 0.15) is 19.8 Å². The zero-order chi connectivity index (χ0) is 12.7. The van der Waals surface area contributed by atoms with Crippen LogP contribution in [0.4, 0.5) is 10.3 Å². The Balaban J connectivity index is 2.02. The molecule has 1 heterocycles. The van der Waals surface area contributed by atoms with Gasteiger partial charge in [0.2, 0.25) is 11.9 Å². The topological polar surface area (TPSA) is 46.9 Å². The van der Waals surface area contributed by atoms with Gasteiger partial charge in [0.1, 0.15) is 5.82 Å². The third-order valence-electron chi connectivity index (χ3n) is 3.21. The molecule has 0 bridgehead atoms. The zero-order valence-electron chi connectivity index (χ0n) is 10.1. The van der Waals surface area contributed by atoms with E-state index < -0.39 is 0 Å². The number of hydrogen-bond donors (Lipinski definition) is 1. The number of carbonyl (C=O) groups excluding carboxylic acids is 1. The van der Waals surface area contributed by atoms with E-state index in [1.165, 1.54) is 12.1 Å². The van der Waals surface area contributed by atoms with Gasteiger partial charge >= 0.3 is 0 Å². The second-order valence-corrected chi connectivity index (χ2v) is 4.58. The predicted molar refractivity (Wildman–Crippen MR) is 66.7 cm³/mol. The lowest BCUT2D eigenvalue weighted by molar-refractivity contribution is -0.117. The average molecular weight is 247 g/mol. The molecule has 1 fully saturated rings. The smallest absolute Gasteiger partial charge is 0.229 e. The monoisotopic (exact) mass is 247 g/mol. The van der Waals surface area contributed by atoms with Crippen molar-refractivity contribution in [1.29, 1.82) is 0 Å². The van der Waals surface area contributed by atoms with Gasteiger partial charge in [-0.2, -0.15) is 0 Å². The van der Waals surface area contributed by atoms with E-state index in [1.54, 1.807) is 6.07 Å². The summed E-state index contributed by atoms with van der Waals surface area (Å²) in [6, 6.07) is 4.45. The van der Waals surface area contributed by atoms with Crippen LogP contribution in [0.15, 0.2) is 18.2 Å². The van der Waals surface area contributed by atoms with E-state index in [4.69, 9.17) is 0 Å². The number of benzene rings is 1. The molecule has 3 rings (SSSR count). The molecule has 18 heavy (non-hydrogen) atoms. The van der Waals surface area contributed by atoms with Crippen LogP contribution >= 0.6 is 0 Å². The fourth-order valence-electron chi connectivity index (χ4n) is 2.07. The van der Waals surface area contributed by atoms with Crippen molar-refractivity contribution in [2.45, 2.75) is 26.3 Å². The number of rotatable bonds is 3. The van der Waals surface area contributed by atoms with E-state index in [-0.39, 0.29) is 17.6 Å². The Labute approximate surface area is 104 Å². The summed E-state index contributed by atoms with van der Waals surface area (Å²) < 4.78 is 15.1. The summed E-state index contributed by atoms with van der Waals surface area (Å²) in [6.07, 6.45) is 1.90. The summed E-state index contributed by atoms with van der Waals surface area (Å²) in [5.41, 5.74) is 1.41.